The van der Waals surface area contributed by atoms with Crippen LogP contribution >= 0.6 is 27.5 Å². The summed E-state index contributed by atoms with van der Waals surface area (Å²) < 4.78 is 23.0. The van der Waals surface area contributed by atoms with Crippen molar-refractivity contribution in [2.45, 2.75) is 13.5 Å². The average Bonchev–Trinajstić information content (AvgIpc) is 3.47. The van der Waals surface area contributed by atoms with E-state index in [-0.39, 0.29) is 24.0 Å². The molecule has 1 saturated heterocycles. The number of halogens is 2. The molecule has 0 aliphatic carbocycles. The fourth-order valence-corrected chi connectivity index (χ4v) is 4.43. The van der Waals surface area contributed by atoms with E-state index >= 15 is 0 Å². The quantitative estimate of drug-likeness (QED) is 0.307. The van der Waals surface area contributed by atoms with Crippen molar-refractivity contribution in [3.8, 4) is 23.0 Å². The predicted molar refractivity (Wildman–Crippen MR) is 137 cm³/mol. The lowest BCUT2D eigenvalue weighted by Gasteiger charge is -2.16. The van der Waals surface area contributed by atoms with E-state index in [4.69, 9.17) is 30.5 Å². The average molecular weight is 572 g/mol. The van der Waals surface area contributed by atoms with Gasteiger partial charge in [-0.25, -0.2) is 5.01 Å². The number of ether oxygens (including phenoxy) is 4. The Hall–Kier alpha value is -3.69. The molecule has 2 aliphatic rings. The molecule has 0 saturated carbocycles. The highest BCUT2D eigenvalue weighted by Crippen LogP contribution is 2.44. The van der Waals surface area contributed by atoms with E-state index in [2.05, 4.69) is 21.4 Å². The molecule has 2 amide bonds. The first-order valence-electron chi connectivity index (χ1n) is 11.0. The van der Waals surface area contributed by atoms with Crippen LogP contribution in [0, 0.1) is 0 Å². The minimum atomic E-state index is -0.520. The van der Waals surface area contributed by atoms with Gasteiger partial charge < -0.3 is 18.9 Å². The van der Waals surface area contributed by atoms with Crippen LogP contribution in [0.5, 0.6) is 23.0 Å². The molecular weight excluding hydrogens is 552 g/mol. The Kier molecular flexibility index (Phi) is 6.75. The number of hydrogen-bond donors (Lipinski definition) is 1. The van der Waals surface area contributed by atoms with Crippen molar-refractivity contribution in [2.75, 3.05) is 18.4 Å². The zero-order valence-electron chi connectivity index (χ0n) is 19.0. The van der Waals surface area contributed by atoms with Crippen LogP contribution in [-0.2, 0) is 16.2 Å². The van der Waals surface area contributed by atoms with Crippen LogP contribution in [0.3, 0.4) is 0 Å². The van der Waals surface area contributed by atoms with Gasteiger partial charge in [0.05, 0.1) is 12.3 Å². The first-order valence-corrected chi connectivity index (χ1v) is 12.2. The van der Waals surface area contributed by atoms with E-state index in [9.17, 15) is 9.59 Å². The van der Waals surface area contributed by atoms with Gasteiger partial charge in [0.15, 0.2) is 23.0 Å². The molecule has 184 valence electrons. The number of hydrazine groups is 1. The second-order valence-electron chi connectivity index (χ2n) is 7.81. The van der Waals surface area contributed by atoms with Gasteiger partial charge in [-0.3, -0.25) is 15.0 Å². The molecule has 2 aliphatic heterocycles. The number of benzene rings is 3. The van der Waals surface area contributed by atoms with Crippen LogP contribution < -0.4 is 29.4 Å². The molecule has 0 unspecified atom stereocenters. The maximum absolute atomic E-state index is 13.0. The number of anilines is 1. The summed E-state index contributed by atoms with van der Waals surface area (Å²) in [6.07, 6.45) is 1.47. The highest BCUT2D eigenvalue weighted by atomic mass is 79.9. The number of fused-ring (bicyclic) bond motifs is 1. The summed E-state index contributed by atoms with van der Waals surface area (Å²) in [5.41, 5.74) is 4.45. The van der Waals surface area contributed by atoms with Crippen molar-refractivity contribution in [2.24, 2.45) is 0 Å². The van der Waals surface area contributed by atoms with Crippen molar-refractivity contribution in [3.05, 3.63) is 80.8 Å². The third kappa shape index (κ3) is 4.59. The second-order valence-corrected chi connectivity index (χ2v) is 8.98. The lowest BCUT2D eigenvalue weighted by molar-refractivity contribution is -0.117. The topological polar surface area (TPSA) is 86.3 Å². The van der Waals surface area contributed by atoms with Gasteiger partial charge in [0.2, 0.25) is 6.79 Å². The SMILES string of the molecule is CCOc1cc(/C=C2/C(=O)NN(c3ccccc3)C2=O)c(Br)c(Cl)c1OCc1ccc2c(c1)OCO2. The molecule has 0 spiro atoms. The molecule has 36 heavy (non-hydrogen) atoms. The van der Waals surface area contributed by atoms with Gasteiger partial charge >= 0.3 is 0 Å². The number of nitrogens with zero attached hydrogens (tertiary/aromatic N) is 1. The first kappa shape index (κ1) is 24.0. The van der Waals surface area contributed by atoms with Crippen molar-refractivity contribution in [1.82, 2.24) is 5.43 Å². The number of hydrogen-bond acceptors (Lipinski definition) is 6. The number of rotatable bonds is 7. The normalized spacial score (nSPS) is 15.4. The molecule has 8 nitrogen and oxygen atoms in total. The summed E-state index contributed by atoms with van der Waals surface area (Å²) in [6, 6.07) is 16.1. The van der Waals surface area contributed by atoms with Crippen molar-refractivity contribution in [1.29, 1.82) is 0 Å². The molecule has 5 rings (SSSR count). The van der Waals surface area contributed by atoms with Gasteiger partial charge in [-0.2, -0.15) is 0 Å². The summed E-state index contributed by atoms with van der Waals surface area (Å²) in [6.45, 7) is 2.58. The van der Waals surface area contributed by atoms with E-state index < -0.39 is 11.8 Å². The van der Waals surface area contributed by atoms with Crippen LogP contribution in [0.15, 0.2) is 64.6 Å². The van der Waals surface area contributed by atoms with Crippen molar-refractivity contribution >= 4 is 51.1 Å². The molecule has 10 heteroatoms. The maximum atomic E-state index is 13.0. The highest BCUT2D eigenvalue weighted by molar-refractivity contribution is 9.10. The van der Waals surface area contributed by atoms with Crippen LogP contribution in [0.4, 0.5) is 5.69 Å². The number of carbonyl (C=O) groups excluding carboxylic acids is 2. The predicted octanol–water partition coefficient (Wildman–Crippen LogP) is 5.27. The maximum Gasteiger partial charge on any atom is 0.282 e. The Morgan fingerprint density at radius 3 is 2.64 bits per heavy atom. The molecule has 3 aromatic carbocycles. The molecule has 0 aromatic heterocycles. The molecule has 2 heterocycles. The zero-order valence-corrected chi connectivity index (χ0v) is 21.4. The molecule has 3 aromatic rings. The Morgan fingerprint density at radius 1 is 1.08 bits per heavy atom. The second kappa shape index (κ2) is 10.1. The van der Waals surface area contributed by atoms with E-state index in [0.29, 0.717) is 45.3 Å². The monoisotopic (exact) mass is 570 g/mol. The van der Waals surface area contributed by atoms with Crippen LogP contribution in [0.2, 0.25) is 5.02 Å². The van der Waals surface area contributed by atoms with Gasteiger partial charge in [0.1, 0.15) is 17.2 Å². The fourth-order valence-electron chi connectivity index (χ4n) is 3.76. The summed E-state index contributed by atoms with van der Waals surface area (Å²) in [7, 11) is 0. The fraction of sp³-hybridized carbons (Fsp3) is 0.154. The van der Waals surface area contributed by atoms with Crippen LogP contribution in [0.25, 0.3) is 6.08 Å². The minimum Gasteiger partial charge on any atom is -0.490 e. The lowest BCUT2D eigenvalue weighted by atomic mass is 10.1. The number of amides is 2. The van der Waals surface area contributed by atoms with Crippen molar-refractivity contribution < 1.29 is 28.5 Å². The molecule has 0 radical (unpaired) electrons. The first-order chi connectivity index (χ1) is 17.5. The van der Waals surface area contributed by atoms with Gasteiger partial charge in [0, 0.05) is 4.47 Å². The Morgan fingerprint density at radius 2 is 1.86 bits per heavy atom. The van der Waals surface area contributed by atoms with Gasteiger partial charge in [-0.15, -0.1) is 0 Å². The summed E-state index contributed by atoms with van der Waals surface area (Å²) in [4.78, 5) is 25.6. The van der Waals surface area contributed by atoms with Crippen LogP contribution in [0.1, 0.15) is 18.1 Å². The van der Waals surface area contributed by atoms with E-state index in [1.54, 1.807) is 30.3 Å². The van der Waals surface area contributed by atoms with E-state index in [1.807, 2.05) is 31.2 Å². The number of carbonyl (C=O) groups is 2. The Balaban J connectivity index is 1.44. The van der Waals surface area contributed by atoms with Crippen molar-refractivity contribution in [3.63, 3.8) is 0 Å². The molecule has 0 bridgehead atoms. The minimum absolute atomic E-state index is 0.0351. The standard InChI is InChI=1S/C26H20BrClN2O6/c1-2-33-21-12-16(11-18-25(31)29-30(26(18)32)17-6-4-3-5-7-17)22(27)23(28)24(21)34-13-15-8-9-19-20(10-15)36-14-35-19/h3-12H,2,13-14H2,1H3,(H,29,31)/b18-11-. The zero-order chi connectivity index (χ0) is 25.2. The molecule has 1 N–H and O–H groups in total. The van der Waals surface area contributed by atoms with Crippen LogP contribution in [-0.4, -0.2) is 25.2 Å². The Bertz CT molecular complexity index is 1380. The molecule has 1 fully saturated rings. The lowest BCUT2D eigenvalue weighted by Crippen LogP contribution is -2.35. The summed E-state index contributed by atoms with van der Waals surface area (Å²) in [5.74, 6) is 1.05. The Labute approximate surface area is 220 Å². The molecular formula is C26H20BrClN2O6. The summed E-state index contributed by atoms with van der Waals surface area (Å²) in [5, 5.41) is 1.45. The van der Waals surface area contributed by atoms with E-state index in [1.165, 1.54) is 11.1 Å². The smallest absolute Gasteiger partial charge is 0.282 e. The third-order valence-corrected chi connectivity index (χ3v) is 6.92. The highest BCUT2D eigenvalue weighted by Gasteiger charge is 2.34. The van der Waals surface area contributed by atoms with Gasteiger partial charge in [-0.05, 0) is 70.4 Å². The van der Waals surface area contributed by atoms with E-state index in [0.717, 1.165) is 5.56 Å². The largest absolute Gasteiger partial charge is 0.490 e. The van der Waals surface area contributed by atoms with Gasteiger partial charge in [0.25, 0.3) is 11.8 Å². The number of nitrogens with one attached hydrogen (secondary N) is 1. The number of para-hydroxylation sites is 1. The summed E-state index contributed by atoms with van der Waals surface area (Å²) >= 11 is 10.1. The molecule has 0 atom stereocenters. The van der Waals surface area contributed by atoms with Gasteiger partial charge in [-0.1, -0.05) is 35.9 Å². The third-order valence-electron chi connectivity index (χ3n) is 5.48.